The van der Waals surface area contributed by atoms with Crippen LogP contribution in [-0.2, 0) is 11.2 Å². The molecule has 0 bridgehead atoms. The van der Waals surface area contributed by atoms with Gasteiger partial charge in [0.2, 0.25) is 5.13 Å². The molecule has 0 radical (unpaired) electrons. The molecule has 0 saturated heterocycles. The molecule has 1 amide bonds. The zero-order chi connectivity index (χ0) is 17.2. The summed E-state index contributed by atoms with van der Waals surface area (Å²) in [6, 6.07) is 13.3. The maximum atomic E-state index is 12.0. The number of benzene rings is 2. The summed E-state index contributed by atoms with van der Waals surface area (Å²) in [5.41, 5.74) is 1.62. The molecule has 25 heavy (non-hydrogen) atoms. The zero-order valence-electron chi connectivity index (χ0n) is 13.5. The van der Waals surface area contributed by atoms with Crippen molar-refractivity contribution in [1.29, 1.82) is 0 Å². The summed E-state index contributed by atoms with van der Waals surface area (Å²) in [7, 11) is 0. The minimum atomic E-state index is -0.268. The number of para-hydroxylation sites is 1. The first-order valence-corrected chi connectivity index (χ1v) is 8.71. The number of anilines is 1. The van der Waals surface area contributed by atoms with E-state index in [4.69, 9.17) is 9.15 Å². The van der Waals surface area contributed by atoms with Crippen LogP contribution in [-0.4, -0.2) is 22.7 Å². The van der Waals surface area contributed by atoms with Gasteiger partial charge in [0.25, 0.3) is 5.91 Å². The molecule has 126 valence electrons. The van der Waals surface area contributed by atoms with Gasteiger partial charge in [-0.2, -0.15) is 0 Å². The van der Waals surface area contributed by atoms with Gasteiger partial charge in [-0.3, -0.25) is 10.1 Å². The number of fused-ring (bicyclic) bond motifs is 3. The number of nitrogens with zero attached hydrogens (tertiary/aromatic N) is 2. The molecule has 7 heteroatoms. The smallest absolute Gasteiger partial charge is 0.264 e. The Balaban J connectivity index is 1.47. The minimum absolute atomic E-state index is 0.0949. The van der Waals surface area contributed by atoms with Gasteiger partial charge in [-0.1, -0.05) is 36.5 Å². The fraction of sp³-hybridized carbons (Fsp3) is 0.167. The van der Waals surface area contributed by atoms with Crippen LogP contribution in [0, 0.1) is 0 Å². The van der Waals surface area contributed by atoms with Crippen LogP contribution in [0.1, 0.15) is 11.9 Å². The summed E-state index contributed by atoms with van der Waals surface area (Å²) < 4.78 is 11.4. The van der Waals surface area contributed by atoms with Crippen LogP contribution in [0.5, 0.6) is 5.75 Å². The molecule has 0 saturated carbocycles. The van der Waals surface area contributed by atoms with Gasteiger partial charge >= 0.3 is 0 Å². The van der Waals surface area contributed by atoms with E-state index in [0.29, 0.717) is 10.9 Å². The normalized spacial score (nSPS) is 11.1. The molecular formula is C18H15N3O3S. The van der Waals surface area contributed by atoms with Crippen molar-refractivity contribution in [3.8, 4) is 5.75 Å². The second-order valence-corrected chi connectivity index (χ2v) is 6.51. The Morgan fingerprint density at radius 1 is 1.16 bits per heavy atom. The van der Waals surface area contributed by atoms with E-state index in [1.165, 1.54) is 11.3 Å². The number of nitrogens with one attached hydrogen (secondary N) is 1. The molecule has 0 spiro atoms. The van der Waals surface area contributed by atoms with Crippen LogP contribution in [0.4, 0.5) is 5.13 Å². The van der Waals surface area contributed by atoms with Crippen LogP contribution >= 0.6 is 11.3 Å². The van der Waals surface area contributed by atoms with E-state index < -0.39 is 0 Å². The van der Waals surface area contributed by atoms with Crippen molar-refractivity contribution in [2.75, 3.05) is 11.9 Å². The fourth-order valence-corrected chi connectivity index (χ4v) is 3.24. The van der Waals surface area contributed by atoms with E-state index in [1.807, 2.05) is 43.3 Å². The number of carbonyl (C=O) groups is 1. The van der Waals surface area contributed by atoms with Gasteiger partial charge in [0.15, 0.2) is 6.61 Å². The van der Waals surface area contributed by atoms with Gasteiger partial charge in [-0.15, -0.1) is 10.2 Å². The number of furan rings is 1. The third-order valence-electron chi connectivity index (χ3n) is 3.73. The predicted octanol–water partition coefficient (Wildman–Crippen LogP) is 4.02. The summed E-state index contributed by atoms with van der Waals surface area (Å²) in [5.74, 6) is 0.344. The molecule has 4 aromatic rings. The molecule has 0 aliphatic carbocycles. The number of hydrogen-bond acceptors (Lipinski definition) is 6. The van der Waals surface area contributed by atoms with Crippen LogP contribution in [0.25, 0.3) is 21.9 Å². The highest BCUT2D eigenvalue weighted by atomic mass is 32.1. The first-order valence-electron chi connectivity index (χ1n) is 7.89. The van der Waals surface area contributed by atoms with Gasteiger partial charge < -0.3 is 9.15 Å². The van der Waals surface area contributed by atoms with E-state index in [0.717, 1.165) is 33.4 Å². The average Bonchev–Trinajstić information content (AvgIpc) is 3.23. The third-order valence-corrected chi connectivity index (χ3v) is 4.72. The summed E-state index contributed by atoms with van der Waals surface area (Å²) >= 11 is 1.37. The molecule has 0 aliphatic rings. The Bertz CT molecular complexity index is 1050. The second kappa shape index (κ2) is 6.52. The lowest BCUT2D eigenvalue weighted by atomic mass is 10.1. The average molecular weight is 353 g/mol. The van der Waals surface area contributed by atoms with E-state index >= 15 is 0 Å². The highest BCUT2D eigenvalue weighted by Gasteiger charge is 2.10. The van der Waals surface area contributed by atoms with Crippen LogP contribution in [0.15, 0.2) is 46.9 Å². The van der Waals surface area contributed by atoms with Crippen molar-refractivity contribution in [1.82, 2.24) is 10.2 Å². The van der Waals surface area contributed by atoms with Gasteiger partial charge in [0.05, 0.1) is 0 Å². The minimum Gasteiger partial charge on any atom is -0.484 e. The monoisotopic (exact) mass is 353 g/mol. The molecule has 1 N–H and O–H groups in total. The van der Waals surface area contributed by atoms with Crippen molar-refractivity contribution < 1.29 is 13.9 Å². The maximum absolute atomic E-state index is 12.0. The predicted molar refractivity (Wildman–Crippen MR) is 97.1 cm³/mol. The molecule has 2 heterocycles. The van der Waals surface area contributed by atoms with Gasteiger partial charge in [0.1, 0.15) is 21.9 Å². The SMILES string of the molecule is CCc1nnc(NC(=O)COc2ccc3oc4ccccc4c3c2)s1. The van der Waals surface area contributed by atoms with E-state index in [1.54, 1.807) is 6.07 Å². The summed E-state index contributed by atoms with van der Waals surface area (Å²) in [5, 5.41) is 13.9. The van der Waals surface area contributed by atoms with E-state index in [9.17, 15) is 4.79 Å². The Morgan fingerprint density at radius 3 is 2.84 bits per heavy atom. The molecule has 0 fully saturated rings. The fourth-order valence-electron chi connectivity index (χ4n) is 2.55. The second-order valence-electron chi connectivity index (χ2n) is 5.45. The number of hydrogen-bond donors (Lipinski definition) is 1. The lowest BCUT2D eigenvalue weighted by Gasteiger charge is -2.05. The summed E-state index contributed by atoms with van der Waals surface area (Å²) in [6.45, 7) is 1.90. The number of rotatable bonds is 5. The van der Waals surface area contributed by atoms with E-state index in [2.05, 4.69) is 15.5 Å². The Labute approximate surface area is 147 Å². The molecular weight excluding hydrogens is 338 g/mol. The van der Waals surface area contributed by atoms with Gasteiger partial charge in [-0.05, 0) is 30.7 Å². The van der Waals surface area contributed by atoms with Crippen LogP contribution < -0.4 is 10.1 Å². The van der Waals surface area contributed by atoms with E-state index in [-0.39, 0.29) is 12.5 Å². The summed E-state index contributed by atoms with van der Waals surface area (Å²) in [4.78, 5) is 12.0. The number of carbonyl (C=O) groups excluding carboxylic acids is 1. The lowest BCUT2D eigenvalue weighted by molar-refractivity contribution is -0.118. The largest absolute Gasteiger partial charge is 0.484 e. The molecule has 0 atom stereocenters. The Kier molecular flexibility index (Phi) is 4.07. The molecule has 0 unspecified atom stereocenters. The van der Waals surface area contributed by atoms with Gasteiger partial charge in [0, 0.05) is 10.8 Å². The Hall–Kier alpha value is -2.93. The molecule has 4 rings (SSSR count). The van der Waals surface area contributed by atoms with Crippen LogP contribution in [0.2, 0.25) is 0 Å². The maximum Gasteiger partial charge on any atom is 0.264 e. The van der Waals surface area contributed by atoms with Crippen molar-refractivity contribution in [2.45, 2.75) is 13.3 Å². The van der Waals surface area contributed by atoms with Crippen molar-refractivity contribution in [3.63, 3.8) is 0 Å². The quantitative estimate of drug-likeness (QED) is 0.586. The molecule has 6 nitrogen and oxygen atoms in total. The molecule has 0 aliphatic heterocycles. The molecule has 2 aromatic heterocycles. The summed E-state index contributed by atoms with van der Waals surface area (Å²) in [6.07, 6.45) is 0.794. The van der Waals surface area contributed by atoms with Crippen molar-refractivity contribution in [2.24, 2.45) is 0 Å². The third kappa shape index (κ3) is 3.18. The number of aromatic nitrogens is 2. The highest BCUT2D eigenvalue weighted by molar-refractivity contribution is 7.15. The Morgan fingerprint density at radius 2 is 2.00 bits per heavy atom. The topological polar surface area (TPSA) is 77.2 Å². The standard InChI is InChI=1S/C18H15N3O3S/c1-2-17-20-21-18(25-17)19-16(22)10-23-11-7-8-15-13(9-11)12-5-3-4-6-14(12)24-15/h3-9H,2,10H2,1H3,(H,19,21,22). The first kappa shape index (κ1) is 15.6. The highest BCUT2D eigenvalue weighted by Crippen LogP contribution is 2.31. The van der Waals surface area contributed by atoms with Crippen molar-refractivity contribution in [3.05, 3.63) is 47.5 Å². The number of aryl methyl sites for hydroxylation is 1. The number of ether oxygens (including phenoxy) is 1. The molecule has 2 aromatic carbocycles. The number of amides is 1. The zero-order valence-corrected chi connectivity index (χ0v) is 14.3. The van der Waals surface area contributed by atoms with Crippen molar-refractivity contribution >= 4 is 44.3 Å². The lowest BCUT2D eigenvalue weighted by Crippen LogP contribution is -2.20. The van der Waals surface area contributed by atoms with Crippen LogP contribution in [0.3, 0.4) is 0 Å². The van der Waals surface area contributed by atoms with Gasteiger partial charge in [-0.25, -0.2) is 0 Å². The first-order chi connectivity index (χ1) is 12.2.